The molecule has 2 aromatic carbocycles. The van der Waals surface area contributed by atoms with E-state index < -0.39 is 10.0 Å². The number of sulfonamides is 1. The lowest BCUT2D eigenvalue weighted by Crippen LogP contribution is -2.12. The largest absolute Gasteiger partial charge is 0.480 e. The molecule has 0 aromatic heterocycles. The van der Waals surface area contributed by atoms with Gasteiger partial charge >= 0.3 is 0 Å². The monoisotopic (exact) mass is 407 g/mol. The Morgan fingerprint density at radius 2 is 1.79 bits per heavy atom. The highest BCUT2D eigenvalue weighted by Crippen LogP contribution is 2.16. The van der Waals surface area contributed by atoms with Crippen molar-refractivity contribution in [1.82, 2.24) is 0 Å². The molecule has 0 aliphatic heterocycles. The molecule has 0 spiro atoms. The average Bonchev–Trinajstić information content (AvgIpc) is 2.56. The molecule has 0 radical (unpaired) electrons. The van der Waals surface area contributed by atoms with Crippen molar-refractivity contribution in [3.8, 4) is 0 Å². The summed E-state index contributed by atoms with van der Waals surface area (Å²) in [5.74, 6) is 0.188. The minimum atomic E-state index is -3.81. The van der Waals surface area contributed by atoms with Gasteiger partial charge in [-0.25, -0.2) is 0 Å². The number of benzene rings is 2. The van der Waals surface area contributed by atoms with Gasteiger partial charge in [0.25, 0.3) is 10.0 Å². The van der Waals surface area contributed by atoms with Crippen molar-refractivity contribution >= 4 is 37.9 Å². The Morgan fingerprint density at radius 1 is 1.12 bits per heavy atom. The summed E-state index contributed by atoms with van der Waals surface area (Å²) in [6.45, 7) is 2.16. The third-order valence-corrected chi connectivity index (χ3v) is 4.74. The molecule has 0 saturated carbocycles. The van der Waals surface area contributed by atoms with Crippen molar-refractivity contribution < 1.29 is 13.2 Å². The topological polar surface area (TPSA) is 55.7 Å². The van der Waals surface area contributed by atoms with Gasteiger partial charge in [-0.1, -0.05) is 58.4 Å². The molecule has 4 nitrogen and oxygen atoms in total. The van der Waals surface area contributed by atoms with Crippen molar-refractivity contribution in [2.45, 2.75) is 18.2 Å². The van der Waals surface area contributed by atoms with Crippen LogP contribution >= 0.6 is 15.9 Å². The van der Waals surface area contributed by atoms with E-state index in [1.54, 1.807) is 24.0 Å². The van der Waals surface area contributed by atoms with E-state index >= 15 is 0 Å². The first-order chi connectivity index (χ1) is 11.5. The normalized spacial score (nSPS) is 12.5. The average molecular weight is 408 g/mol. The maximum Gasteiger partial charge on any atom is 0.285 e. The summed E-state index contributed by atoms with van der Waals surface area (Å²) in [6.07, 6.45) is 2.15. The molecule has 126 valence electrons. The number of halogens is 1. The van der Waals surface area contributed by atoms with Gasteiger partial charge in [0, 0.05) is 6.42 Å². The maximum atomic E-state index is 12.5. The van der Waals surface area contributed by atoms with E-state index in [4.69, 9.17) is 4.74 Å². The highest BCUT2D eigenvalue weighted by molar-refractivity contribution is 9.11. The smallest absolute Gasteiger partial charge is 0.285 e. The Hall–Kier alpha value is -1.92. The Kier molecular flexibility index (Phi) is 6.75. The zero-order valence-electron chi connectivity index (χ0n) is 13.2. The predicted molar refractivity (Wildman–Crippen MR) is 101 cm³/mol. The van der Waals surface area contributed by atoms with E-state index in [9.17, 15) is 8.42 Å². The molecule has 2 rings (SSSR count). The summed E-state index contributed by atoms with van der Waals surface area (Å²) >= 11 is 3.19. The lowest BCUT2D eigenvalue weighted by atomic mass is 10.1. The van der Waals surface area contributed by atoms with E-state index in [1.807, 2.05) is 36.4 Å². The SMILES string of the molecule is CCO/C(Cc1ccccc1)=N\S(=O)(=O)c1ccc(/C=C\Br)cc1. The van der Waals surface area contributed by atoms with Crippen LogP contribution in [0.4, 0.5) is 0 Å². The Labute approximate surface area is 151 Å². The fraction of sp³-hybridized carbons (Fsp3) is 0.167. The summed E-state index contributed by atoms with van der Waals surface area (Å²) in [5.41, 5.74) is 1.84. The Balaban J connectivity index is 2.28. The fourth-order valence-corrected chi connectivity index (χ4v) is 3.33. The summed E-state index contributed by atoms with van der Waals surface area (Å²) in [6, 6.07) is 16.0. The minimum Gasteiger partial charge on any atom is -0.480 e. The van der Waals surface area contributed by atoms with Crippen LogP contribution in [0, 0.1) is 0 Å². The van der Waals surface area contributed by atoms with Gasteiger partial charge in [0.05, 0.1) is 11.5 Å². The molecule has 0 atom stereocenters. The van der Waals surface area contributed by atoms with Gasteiger partial charge < -0.3 is 4.74 Å². The molecule has 0 aliphatic carbocycles. The first-order valence-electron chi connectivity index (χ1n) is 7.42. The van der Waals surface area contributed by atoms with Crippen LogP contribution in [-0.4, -0.2) is 20.9 Å². The maximum absolute atomic E-state index is 12.5. The molecule has 0 N–H and O–H groups in total. The van der Waals surface area contributed by atoms with Crippen LogP contribution in [0.15, 0.2) is 68.9 Å². The molecular weight excluding hydrogens is 390 g/mol. The van der Waals surface area contributed by atoms with Gasteiger partial charge in [-0.15, -0.1) is 4.40 Å². The van der Waals surface area contributed by atoms with Crippen molar-refractivity contribution in [2.75, 3.05) is 6.61 Å². The van der Waals surface area contributed by atoms with E-state index in [-0.39, 0.29) is 10.8 Å². The van der Waals surface area contributed by atoms with Gasteiger partial charge in [0.15, 0.2) is 0 Å². The first-order valence-corrected chi connectivity index (χ1v) is 9.78. The highest BCUT2D eigenvalue weighted by Gasteiger charge is 2.15. The van der Waals surface area contributed by atoms with Crippen LogP contribution in [0.3, 0.4) is 0 Å². The van der Waals surface area contributed by atoms with Gasteiger partial charge in [-0.3, -0.25) is 0 Å². The van der Waals surface area contributed by atoms with Gasteiger partial charge in [-0.05, 0) is 41.2 Å². The standard InChI is InChI=1S/C18H18BrNO3S/c1-2-23-18(14-16-6-4-3-5-7-16)20-24(21,22)17-10-8-15(9-11-17)12-13-19/h3-13H,2,14H2,1H3/b13-12-,20-18-. The molecule has 0 aliphatic rings. The molecular formula is C18H18BrNO3S. The van der Waals surface area contributed by atoms with Crippen LogP contribution in [0.2, 0.25) is 0 Å². The number of rotatable bonds is 6. The number of hydrogen-bond donors (Lipinski definition) is 0. The van der Waals surface area contributed by atoms with Crippen LogP contribution in [0.25, 0.3) is 6.08 Å². The zero-order chi connectivity index (χ0) is 17.4. The van der Waals surface area contributed by atoms with Crippen LogP contribution in [-0.2, 0) is 21.2 Å². The van der Waals surface area contributed by atoms with Crippen LogP contribution in [0.5, 0.6) is 0 Å². The number of ether oxygens (including phenoxy) is 1. The Morgan fingerprint density at radius 3 is 2.38 bits per heavy atom. The Bertz CT molecular complexity index is 813. The zero-order valence-corrected chi connectivity index (χ0v) is 15.6. The van der Waals surface area contributed by atoms with Gasteiger partial charge in [0.1, 0.15) is 0 Å². The molecule has 0 fully saturated rings. The third-order valence-electron chi connectivity index (χ3n) is 3.16. The molecule has 0 amide bonds. The number of nitrogens with zero attached hydrogens (tertiary/aromatic N) is 1. The van der Waals surface area contributed by atoms with Crippen LogP contribution < -0.4 is 0 Å². The second kappa shape index (κ2) is 8.80. The summed E-state index contributed by atoms with van der Waals surface area (Å²) in [4.78, 5) is 1.85. The molecule has 0 bridgehead atoms. The lowest BCUT2D eigenvalue weighted by molar-refractivity contribution is 0.321. The first kappa shape index (κ1) is 18.4. The fourth-order valence-electron chi connectivity index (χ4n) is 2.06. The summed E-state index contributed by atoms with van der Waals surface area (Å²) in [7, 11) is -3.81. The number of hydrogen-bond acceptors (Lipinski definition) is 3. The van der Waals surface area contributed by atoms with E-state index in [2.05, 4.69) is 20.3 Å². The van der Waals surface area contributed by atoms with Gasteiger partial charge in [0.2, 0.25) is 5.90 Å². The quantitative estimate of drug-likeness (QED) is 0.525. The minimum absolute atomic E-state index is 0.138. The second-order valence-corrected chi connectivity index (χ2v) is 7.05. The second-order valence-electron chi connectivity index (χ2n) is 4.92. The van der Waals surface area contributed by atoms with E-state index in [0.29, 0.717) is 13.0 Å². The van der Waals surface area contributed by atoms with Crippen molar-refractivity contribution in [1.29, 1.82) is 0 Å². The van der Waals surface area contributed by atoms with Gasteiger partial charge in [-0.2, -0.15) is 8.42 Å². The lowest BCUT2D eigenvalue weighted by Gasteiger charge is -2.08. The van der Waals surface area contributed by atoms with Crippen molar-refractivity contribution in [3.63, 3.8) is 0 Å². The summed E-state index contributed by atoms with van der Waals surface area (Å²) < 4.78 is 34.3. The van der Waals surface area contributed by atoms with E-state index in [0.717, 1.165) is 11.1 Å². The molecule has 2 aromatic rings. The predicted octanol–water partition coefficient (Wildman–Crippen LogP) is 4.42. The van der Waals surface area contributed by atoms with Crippen molar-refractivity contribution in [2.24, 2.45) is 4.40 Å². The molecule has 6 heteroatoms. The highest BCUT2D eigenvalue weighted by atomic mass is 79.9. The van der Waals surface area contributed by atoms with Crippen molar-refractivity contribution in [3.05, 3.63) is 70.7 Å². The summed E-state index contributed by atoms with van der Waals surface area (Å²) in [5, 5.41) is 0. The van der Waals surface area contributed by atoms with E-state index in [1.165, 1.54) is 12.1 Å². The van der Waals surface area contributed by atoms with Crippen LogP contribution in [0.1, 0.15) is 18.1 Å². The molecule has 0 unspecified atom stereocenters. The molecule has 0 saturated heterocycles. The third kappa shape index (κ3) is 5.32. The molecule has 24 heavy (non-hydrogen) atoms. The molecule has 0 heterocycles.